The number of carboxylic acids is 1. The SMILES string of the molecule is Cc1ccc(CC(=O)CC(CCC(=O)O)c2nnc(CCCC(C)C)n2C2CC2)c(C)c1. The molecule has 1 aliphatic rings. The molecule has 0 bridgehead atoms. The standard InChI is InChI=1S/C26H37N3O3/c1-17(2)6-5-7-24-27-28-26(29(24)22-11-12-22)21(10-13-25(31)32)16-23(30)15-20-9-8-18(3)14-19(20)4/h8-9,14,17,21-22H,5-7,10-13,15-16H2,1-4H3,(H,31,32). The lowest BCUT2D eigenvalue weighted by Crippen LogP contribution is -2.17. The molecule has 2 aromatic rings. The quantitative estimate of drug-likeness (QED) is 0.454. The van der Waals surface area contributed by atoms with E-state index in [0.717, 1.165) is 54.9 Å². The Morgan fingerprint density at radius 2 is 1.91 bits per heavy atom. The molecular weight excluding hydrogens is 402 g/mol. The summed E-state index contributed by atoms with van der Waals surface area (Å²) in [5, 5.41) is 18.3. The van der Waals surface area contributed by atoms with E-state index in [1.807, 2.05) is 26.0 Å². The van der Waals surface area contributed by atoms with Crippen LogP contribution in [0.4, 0.5) is 0 Å². The molecule has 1 unspecified atom stereocenters. The summed E-state index contributed by atoms with van der Waals surface area (Å²) < 4.78 is 2.23. The molecule has 0 amide bonds. The van der Waals surface area contributed by atoms with Crippen molar-refractivity contribution in [2.45, 2.75) is 97.4 Å². The van der Waals surface area contributed by atoms with Gasteiger partial charge in [0, 0.05) is 37.6 Å². The summed E-state index contributed by atoms with van der Waals surface area (Å²) in [7, 11) is 0. The highest BCUT2D eigenvalue weighted by atomic mass is 16.4. The molecule has 1 saturated carbocycles. The molecule has 6 heteroatoms. The lowest BCUT2D eigenvalue weighted by Gasteiger charge is -2.18. The van der Waals surface area contributed by atoms with Crippen LogP contribution >= 0.6 is 0 Å². The van der Waals surface area contributed by atoms with Gasteiger partial charge in [-0.1, -0.05) is 44.0 Å². The minimum absolute atomic E-state index is 0.0295. The topological polar surface area (TPSA) is 85.1 Å². The maximum Gasteiger partial charge on any atom is 0.303 e. The number of benzene rings is 1. The second-order valence-corrected chi connectivity index (χ2v) is 9.84. The first-order chi connectivity index (χ1) is 15.2. The molecule has 1 aliphatic carbocycles. The van der Waals surface area contributed by atoms with E-state index >= 15 is 0 Å². The third-order valence-corrected chi connectivity index (χ3v) is 6.32. The molecule has 1 heterocycles. The van der Waals surface area contributed by atoms with Crippen LogP contribution in [0.25, 0.3) is 0 Å². The van der Waals surface area contributed by atoms with Gasteiger partial charge in [-0.05, 0) is 56.6 Å². The first-order valence-electron chi connectivity index (χ1n) is 12.0. The summed E-state index contributed by atoms with van der Waals surface area (Å²) in [6.07, 6.45) is 6.40. The van der Waals surface area contributed by atoms with Crippen LogP contribution in [-0.4, -0.2) is 31.6 Å². The van der Waals surface area contributed by atoms with Crippen LogP contribution in [0.5, 0.6) is 0 Å². The van der Waals surface area contributed by atoms with Gasteiger partial charge in [0.25, 0.3) is 0 Å². The summed E-state index contributed by atoms with van der Waals surface area (Å²) in [6.45, 7) is 8.52. The van der Waals surface area contributed by atoms with Gasteiger partial charge in [0.2, 0.25) is 0 Å². The van der Waals surface area contributed by atoms with Crippen molar-refractivity contribution in [1.82, 2.24) is 14.8 Å². The zero-order valence-corrected chi connectivity index (χ0v) is 19.9. The average Bonchev–Trinajstić information content (AvgIpc) is 3.47. The van der Waals surface area contributed by atoms with E-state index in [0.29, 0.717) is 31.2 Å². The Hall–Kier alpha value is -2.50. The Bertz CT molecular complexity index is 944. The van der Waals surface area contributed by atoms with Crippen LogP contribution in [-0.2, 0) is 22.4 Å². The first-order valence-corrected chi connectivity index (χ1v) is 12.0. The van der Waals surface area contributed by atoms with Gasteiger partial charge in [-0.2, -0.15) is 0 Å². The van der Waals surface area contributed by atoms with Gasteiger partial charge in [0.05, 0.1) is 0 Å². The summed E-state index contributed by atoms with van der Waals surface area (Å²) in [6, 6.07) is 6.55. The maximum atomic E-state index is 13.0. The van der Waals surface area contributed by atoms with Crippen molar-refractivity contribution in [1.29, 1.82) is 0 Å². The minimum atomic E-state index is -0.841. The predicted octanol–water partition coefficient (Wildman–Crippen LogP) is 5.36. The monoisotopic (exact) mass is 439 g/mol. The lowest BCUT2D eigenvalue weighted by molar-refractivity contribution is -0.137. The number of carbonyl (C=O) groups is 2. The highest BCUT2D eigenvalue weighted by Crippen LogP contribution is 2.39. The second-order valence-electron chi connectivity index (χ2n) is 9.84. The van der Waals surface area contributed by atoms with Crippen LogP contribution in [0.3, 0.4) is 0 Å². The van der Waals surface area contributed by atoms with E-state index in [1.165, 1.54) is 5.56 Å². The van der Waals surface area contributed by atoms with Crippen LogP contribution in [0, 0.1) is 19.8 Å². The average molecular weight is 440 g/mol. The van der Waals surface area contributed by atoms with Crippen molar-refractivity contribution in [2.75, 3.05) is 0 Å². The van der Waals surface area contributed by atoms with Gasteiger partial charge in [0.15, 0.2) is 0 Å². The molecule has 1 atom stereocenters. The largest absolute Gasteiger partial charge is 0.481 e. The zero-order chi connectivity index (χ0) is 23.3. The van der Waals surface area contributed by atoms with Crippen molar-refractivity contribution >= 4 is 11.8 Å². The molecule has 1 fully saturated rings. The van der Waals surface area contributed by atoms with Gasteiger partial charge in [-0.3, -0.25) is 9.59 Å². The van der Waals surface area contributed by atoms with Gasteiger partial charge >= 0.3 is 5.97 Å². The number of rotatable bonds is 13. The van der Waals surface area contributed by atoms with Crippen molar-refractivity contribution in [2.24, 2.45) is 5.92 Å². The number of aliphatic carboxylic acids is 1. The van der Waals surface area contributed by atoms with E-state index in [4.69, 9.17) is 0 Å². The maximum absolute atomic E-state index is 13.0. The molecular formula is C26H37N3O3. The molecule has 0 saturated heterocycles. The van der Waals surface area contributed by atoms with E-state index in [-0.39, 0.29) is 18.1 Å². The van der Waals surface area contributed by atoms with Crippen LogP contribution in [0.1, 0.15) is 99.1 Å². The summed E-state index contributed by atoms with van der Waals surface area (Å²) in [5.41, 5.74) is 3.34. The molecule has 174 valence electrons. The molecule has 0 aliphatic heterocycles. The van der Waals surface area contributed by atoms with Crippen molar-refractivity contribution in [3.05, 3.63) is 46.5 Å². The normalized spacial score (nSPS) is 14.7. The van der Waals surface area contributed by atoms with Crippen LogP contribution in [0.15, 0.2) is 18.2 Å². The zero-order valence-electron chi connectivity index (χ0n) is 19.9. The van der Waals surface area contributed by atoms with Gasteiger partial charge in [-0.15, -0.1) is 10.2 Å². The Labute approximate surface area is 191 Å². The van der Waals surface area contributed by atoms with E-state index in [1.54, 1.807) is 0 Å². The molecule has 1 aromatic heterocycles. The fraction of sp³-hybridized carbons (Fsp3) is 0.615. The number of ketones is 1. The number of carboxylic acid groups (broad SMARTS) is 1. The smallest absolute Gasteiger partial charge is 0.303 e. The Balaban J connectivity index is 1.78. The highest BCUT2D eigenvalue weighted by molar-refractivity contribution is 5.82. The number of nitrogens with zero attached hydrogens (tertiary/aromatic N) is 3. The van der Waals surface area contributed by atoms with Gasteiger partial charge < -0.3 is 9.67 Å². The summed E-state index contributed by atoms with van der Waals surface area (Å²) >= 11 is 0. The molecule has 32 heavy (non-hydrogen) atoms. The fourth-order valence-corrected chi connectivity index (χ4v) is 4.41. The highest BCUT2D eigenvalue weighted by Gasteiger charge is 2.33. The first kappa shape index (κ1) is 24.1. The molecule has 0 spiro atoms. The van der Waals surface area contributed by atoms with Crippen molar-refractivity contribution < 1.29 is 14.7 Å². The Morgan fingerprint density at radius 3 is 2.53 bits per heavy atom. The van der Waals surface area contributed by atoms with Crippen molar-refractivity contribution in [3.63, 3.8) is 0 Å². The number of Topliss-reactive ketones (excluding diaryl/α,β-unsaturated/α-hetero) is 1. The molecule has 1 N–H and O–H groups in total. The van der Waals surface area contributed by atoms with E-state index in [9.17, 15) is 14.7 Å². The van der Waals surface area contributed by atoms with Crippen LogP contribution < -0.4 is 0 Å². The van der Waals surface area contributed by atoms with E-state index in [2.05, 4.69) is 34.7 Å². The molecule has 3 rings (SSSR count). The second kappa shape index (κ2) is 10.9. The fourth-order valence-electron chi connectivity index (χ4n) is 4.41. The Kier molecular flexibility index (Phi) is 8.21. The summed E-state index contributed by atoms with van der Waals surface area (Å²) in [4.78, 5) is 24.3. The molecule has 1 aromatic carbocycles. The van der Waals surface area contributed by atoms with Crippen LogP contribution in [0.2, 0.25) is 0 Å². The third kappa shape index (κ3) is 6.75. The summed E-state index contributed by atoms with van der Waals surface area (Å²) in [5.74, 6) is 1.52. The number of hydrogen-bond donors (Lipinski definition) is 1. The van der Waals surface area contributed by atoms with Crippen molar-refractivity contribution in [3.8, 4) is 0 Å². The van der Waals surface area contributed by atoms with Gasteiger partial charge in [0.1, 0.15) is 17.4 Å². The number of hydrogen-bond acceptors (Lipinski definition) is 4. The minimum Gasteiger partial charge on any atom is -0.481 e. The van der Waals surface area contributed by atoms with E-state index < -0.39 is 5.97 Å². The number of aromatic nitrogens is 3. The molecule has 0 radical (unpaired) electrons. The Morgan fingerprint density at radius 1 is 1.16 bits per heavy atom. The lowest BCUT2D eigenvalue weighted by atomic mass is 9.92. The third-order valence-electron chi connectivity index (χ3n) is 6.32. The van der Waals surface area contributed by atoms with Gasteiger partial charge in [-0.25, -0.2) is 0 Å². The molecule has 6 nitrogen and oxygen atoms in total. The number of aryl methyl sites for hydroxylation is 3. The number of carbonyl (C=O) groups excluding carboxylic acids is 1. The predicted molar refractivity (Wildman–Crippen MR) is 125 cm³/mol.